The van der Waals surface area contributed by atoms with Crippen LogP contribution in [0.1, 0.15) is 29.4 Å². The minimum atomic E-state index is -0.545. The molecule has 2 N–H and O–H groups in total. The summed E-state index contributed by atoms with van der Waals surface area (Å²) in [5, 5.41) is 10.9. The number of aryl methyl sites for hydroxylation is 1. The van der Waals surface area contributed by atoms with E-state index < -0.39 is 6.10 Å². The van der Waals surface area contributed by atoms with E-state index in [1.807, 2.05) is 42.8 Å². The van der Waals surface area contributed by atoms with Crippen molar-refractivity contribution in [3.05, 3.63) is 76.1 Å². The lowest BCUT2D eigenvalue weighted by atomic mass is 10.1. The molecule has 32 heavy (non-hydrogen) atoms. The zero-order valence-electron chi connectivity index (χ0n) is 18.0. The van der Waals surface area contributed by atoms with E-state index in [0.29, 0.717) is 28.7 Å². The van der Waals surface area contributed by atoms with Crippen LogP contribution in [0.2, 0.25) is 5.02 Å². The highest BCUT2D eigenvalue weighted by Crippen LogP contribution is 2.32. The second-order valence-electron chi connectivity index (χ2n) is 7.62. The molecule has 4 rings (SSSR count). The van der Waals surface area contributed by atoms with Gasteiger partial charge in [-0.1, -0.05) is 29.8 Å². The van der Waals surface area contributed by atoms with Gasteiger partial charge in [-0.25, -0.2) is 0 Å². The molecule has 3 aromatic rings. The Morgan fingerprint density at radius 3 is 2.84 bits per heavy atom. The van der Waals surface area contributed by atoms with Crippen molar-refractivity contribution >= 4 is 40.9 Å². The Morgan fingerprint density at radius 2 is 2.06 bits per heavy atom. The van der Waals surface area contributed by atoms with E-state index in [-0.39, 0.29) is 11.8 Å². The van der Waals surface area contributed by atoms with Crippen LogP contribution in [0, 0.1) is 13.8 Å². The number of hydrogen-bond donors (Lipinski definition) is 2. The Labute approximate surface area is 191 Å². The number of benzene rings is 2. The number of anilines is 2. The number of ether oxygens (including phenoxy) is 1. The number of aromatic nitrogens is 2. The highest BCUT2D eigenvalue weighted by molar-refractivity contribution is 6.31. The van der Waals surface area contributed by atoms with E-state index in [4.69, 9.17) is 16.3 Å². The quantitative estimate of drug-likeness (QED) is 0.557. The number of carbonyl (C=O) groups is 2. The van der Waals surface area contributed by atoms with Gasteiger partial charge < -0.3 is 15.4 Å². The Morgan fingerprint density at radius 1 is 1.28 bits per heavy atom. The van der Waals surface area contributed by atoms with Gasteiger partial charge in [0.1, 0.15) is 5.75 Å². The number of nitrogens with one attached hydrogen (secondary N) is 2. The van der Waals surface area contributed by atoms with Crippen LogP contribution in [0.4, 0.5) is 11.4 Å². The highest BCUT2D eigenvalue weighted by Gasteiger charge is 2.23. The number of nitrogens with zero attached hydrogens (tertiary/aromatic N) is 2. The van der Waals surface area contributed by atoms with Crippen LogP contribution in [0.15, 0.2) is 48.5 Å². The molecule has 0 aliphatic carbocycles. The first kappa shape index (κ1) is 21.6. The van der Waals surface area contributed by atoms with E-state index in [0.717, 1.165) is 22.5 Å². The summed E-state index contributed by atoms with van der Waals surface area (Å²) in [6, 6.07) is 12.8. The summed E-state index contributed by atoms with van der Waals surface area (Å²) in [5.74, 6) is 0.0578. The average Bonchev–Trinajstić information content (AvgIpc) is 3.02. The van der Waals surface area contributed by atoms with E-state index >= 15 is 0 Å². The molecule has 2 aromatic carbocycles. The van der Waals surface area contributed by atoms with Gasteiger partial charge in [0.25, 0.3) is 5.91 Å². The van der Waals surface area contributed by atoms with Gasteiger partial charge >= 0.3 is 0 Å². The van der Waals surface area contributed by atoms with E-state index in [1.54, 1.807) is 31.2 Å². The molecule has 0 spiro atoms. The standard InChI is InChI=1S/C24H23ClN4O3/c1-14-19(15(2)29(28-14)13-17-6-4-5-7-20(17)25)9-11-23(30)26-18-8-10-22-21(12-18)27-24(31)16(3)32-22/h4-12,16H,13H2,1-3H3,(H,26,30)(H,27,31)/b11-9+. The number of hydrogen-bond acceptors (Lipinski definition) is 4. The Bertz CT molecular complexity index is 1230. The Kier molecular flexibility index (Phi) is 6.01. The van der Waals surface area contributed by atoms with Gasteiger partial charge in [-0.15, -0.1) is 0 Å². The SMILES string of the molecule is Cc1nn(Cc2ccccc2Cl)c(C)c1/C=C/C(=O)Nc1ccc2c(c1)NC(=O)C(C)O2. The molecule has 0 fully saturated rings. The summed E-state index contributed by atoms with van der Waals surface area (Å²) in [6.45, 7) is 6.09. The number of fused-ring (bicyclic) bond motifs is 1. The van der Waals surface area contributed by atoms with Crippen molar-refractivity contribution in [3.63, 3.8) is 0 Å². The van der Waals surface area contributed by atoms with E-state index in [9.17, 15) is 9.59 Å². The molecule has 2 amide bonds. The molecule has 7 nitrogen and oxygen atoms in total. The maximum absolute atomic E-state index is 12.5. The Balaban J connectivity index is 1.46. The molecule has 1 unspecified atom stereocenters. The molecule has 1 aliphatic heterocycles. The van der Waals surface area contributed by atoms with Crippen molar-refractivity contribution in [1.29, 1.82) is 0 Å². The van der Waals surface area contributed by atoms with Crippen molar-refractivity contribution in [2.24, 2.45) is 0 Å². The fraction of sp³-hybridized carbons (Fsp3) is 0.208. The molecule has 0 radical (unpaired) electrons. The molecule has 8 heteroatoms. The van der Waals surface area contributed by atoms with Crippen molar-refractivity contribution in [2.45, 2.75) is 33.4 Å². The maximum Gasteiger partial charge on any atom is 0.265 e. The fourth-order valence-corrected chi connectivity index (χ4v) is 3.72. The number of halogens is 1. The number of amides is 2. The van der Waals surface area contributed by atoms with Crippen LogP contribution in [-0.4, -0.2) is 27.7 Å². The molecule has 164 valence electrons. The summed E-state index contributed by atoms with van der Waals surface area (Å²) < 4.78 is 7.41. The molecule has 2 heterocycles. The molecular formula is C24H23ClN4O3. The number of rotatable bonds is 5. The summed E-state index contributed by atoms with van der Waals surface area (Å²) >= 11 is 6.27. The predicted octanol–water partition coefficient (Wildman–Crippen LogP) is 4.57. The topological polar surface area (TPSA) is 85.3 Å². The lowest BCUT2D eigenvalue weighted by molar-refractivity contribution is -0.122. The molecule has 0 bridgehead atoms. The molecule has 0 saturated carbocycles. The summed E-state index contributed by atoms with van der Waals surface area (Å²) in [5.41, 5.74) is 4.70. The third-order valence-electron chi connectivity index (χ3n) is 5.29. The van der Waals surface area contributed by atoms with Crippen LogP contribution in [-0.2, 0) is 16.1 Å². The van der Waals surface area contributed by atoms with Crippen LogP contribution in [0.25, 0.3) is 6.08 Å². The second-order valence-corrected chi connectivity index (χ2v) is 8.02. The number of carbonyl (C=O) groups excluding carboxylic acids is 2. The third kappa shape index (κ3) is 4.53. The van der Waals surface area contributed by atoms with Crippen molar-refractivity contribution < 1.29 is 14.3 Å². The maximum atomic E-state index is 12.5. The van der Waals surface area contributed by atoms with Crippen molar-refractivity contribution in [2.75, 3.05) is 10.6 Å². The highest BCUT2D eigenvalue weighted by atomic mass is 35.5. The normalized spacial score (nSPS) is 15.2. The molecule has 0 saturated heterocycles. The van der Waals surface area contributed by atoms with Gasteiger partial charge in [0.05, 0.1) is 17.9 Å². The smallest absolute Gasteiger partial charge is 0.265 e. The monoisotopic (exact) mass is 450 g/mol. The lowest BCUT2D eigenvalue weighted by Gasteiger charge is -2.23. The van der Waals surface area contributed by atoms with Gasteiger partial charge in [-0.05, 0) is 56.7 Å². The molecular weight excluding hydrogens is 428 g/mol. The minimum Gasteiger partial charge on any atom is -0.479 e. The summed E-state index contributed by atoms with van der Waals surface area (Å²) in [7, 11) is 0. The lowest BCUT2D eigenvalue weighted by Crippen LogP contribution is -2.34. The first-order valence-corrected chi connectivity index (χ1v) is 10.6. The van der Waals surface area contributed by atoms with E-state index in [2.05, 4.69) is 15.7 Å². The van der Waals surface area contributed by atoms with Gasteiger partial charge in [0.2, 0.25) is 5.91 Å². The van der Waals surface area contributed by atoms with Crippen LogP contribution in [0.3, 0.4) is 0 Å². The van der Waals surface area contributed by atoms with Crippen molar-refractivity contribution in [1.82, 2.24) is 9.78 Å². The van der Waals surface area contributed by atoms with Crippen LogP contribution >= 0.6 is 11.6 Å². The van der Waals surface area contributed by atoms with Crippen LogP contribution in [0.5, 0.6) is 5.75 Å². The summed E-state index contributed by atoms with van der Waals surface area (Å²) in [4.78, 5) is 24.3. The molecule has 1 aliphatic rings. The van der Waals surface area contributed by atoms with Gasteiger partial charge in [-0.3, -0.25) is 14.3 Å². The summed E-state index contributed by atoms with van der Waals surface area (Å²) in [6.07, 6.45) is 2.67. The van der Waals surface area contributed by atoms with Crippen molar-refractivity contribution in [3.8, 4) is 5.75 Å². The zero-order valence-corrected chi connectivity index (χ0v) is 18.7. The second kappa shape index (κ2) is 8.88. The fourth-order valence-electron chi connectivity index (χ4n) is 3.52. The first-order chi connectivity index (χ1) is 15.3. The molecule has 1 aromatic heterocycles. The van der Waals surface area contributed by atoms with Gasteiger partial charge in [-0.2, -0.15) is 5.10 Å². The van der Waals surface area contributed by atoms with Crippen LogP contribution < -0.4 is 15.4 Å². The first-order valence-electron chi connectivity index (χ1n) is 10.2. The minimum absolute atomic E-state index is 0.222. The zero-order chi connectivity index (χ0) is 22.8. The van der Waals surface area contributed by atoms with E-state index in [1.165, 1.54) is 6.08 Å². The largest absolute Gasteiger partial charge is 0.479 e. The van der Waals surface area contributed by atoms with Gasteiger partial charge in [0.15, 0.2) is 6.10 Å². The average molecular weight is 451 g/mol. The Hall–Kier alpha value is -3.58. The predicted molar refractivity (Wildman–Crippen MR) is 125 cm³/mol. The molecule has 1 atom stereocenters. The van der Waals surface area contributed by atoms with Gasteiger partial charge in [0, 0.05) is 28.0 Å². The third-order valence-corrected chi connectivity index (χ3v) is 5.66.